The predicted octanol–water partition coefficient (Wildman–Crippen LogP) is 5.27. The van der Waals surface area contributed by atoms with Crippen molar-refractivity contribution in [3.05, 3.63) is 11.6 Å². The average molecular weight is 503 g/mol. The molecular weight excluding hydrogens is 456 g/mol. The molecule has 0 aromatic rings. The number of aliphatic hydroxyl groups excluding tert-OH is 2. The Bertz CT molecular complexity index is 1010. The summed E-state index contributed by atoms with van der Waals surface area (Å²) in [6.07, 6.45) is 8.93. The SMILES string of the molecule is C[C@]1(C(=O)O)CC[C@]2(C(=O)O)CC[C@]3(C)C(=CC[C@@H]4[C@@]5(C)CC[C@H](O)[C@@](C)(CO)[C@@H]5CC[C@]43C)[C@@H]2C1. The quantitative estimate of drug-likeness (QED) is 0.391. The van der Waals surface area contributed by atoms with Crippen molar-refractivity contribution >= 4 is 11.9 Å². The summed E-state index contributed by atoms with van der Waals surface area (Å²) in [6.45, 7) is 11.0. The van der Waals surface area contributed by atoms with Crippen LogP contribution in [0.25, 0.3) is 0 Å². The maximum absolute atomic E-state index is 12.8. The maximum Gasteiger partial charge on any atom is 0.310 e. The van der Waals surface area contributed by atoms with E-state index in [1.54, 1.807) is 6.92 Å². The third-order valence-corrected chi connectivity index (χ3v) is 13.5. The van der Waals surface area contributed by atoms with Crippen LogP contribution in [0, 0.1) is 50.2 Å². The van der Waals surface area contributed by atoms with Gasteiger partial charge < -0.3 is 20.4 Å². The van der Waals surface area contributed by atoms with Crippen molar-refractivity contribution in [3.63, 3.8) is 0 Å². The molecule has 5 aliphatic carbocycles. The number of aliphatic hydroxyl groups is 2. The van der Waals surface area contributed by atoms with E-state index < -0.39 is 34.3 Å². The highest BCUT2D eigenvalue weighted by Crippen LogP contribution is 2.75. The predicted molar refractivity (Wildman–Crippen MR) is 136 cm³/mol. The van der Waals surface area contributed by atoms with Gasteiger partial charge in [-0.2, -0.15) is 0 Å². The largest absolute Gasteiger partial charge is 0.481 e. The molecule has 4 saturated carbocycles. The van der Waals surface area contributed by atoms with Gasteiger partial charge in [0.05, 0.1) is 23.5 Å². The smallest absolute Gasteiger partial charge is 0.310 e. The molecule has 0 heterocycles. The molecule has 5 aliphatic rings. The monoisotopic (exact) mass is 502 g/mol. The van der Waals surface area contributed by atoms with Crippen molar-refractivity contribution < 1.29 is 30.0 Å². The second kappa shape index (κ2) is 7.81. The van der Waals surface area contributed by atoms with E-state index in [0.717, 1.165) is 32.1 Å². The molecule has 0 unspecified atom stereocenters. The molecule has 4 fully saturated rings. The number of allylic oxidation sites excluding steroid dienone is 2. The van der Waals surface area contributed by atoms with Crippen molar-refractivity contribution in [2.24, 2.45) is 50.2 Å². The lowest BCUT2D eigenvalue weighted by molar-refractivity contribution is -0.217. The van der Waals surface area contributed by atoms with Gasteiger partial charge in [-0.1, -0.05) is 39.3 Å². The van der Waals surface area contributed by atoms with E-state index in [-0.39, 0.29) is 34.7 Å². The third-order valence-electron chi connectivity index (χ3n) is 13.5. The van der Waals surface area contributed by atoms with E-state index >= 15 is 0 Å². The first-order chi connectivity index (χ1) is 16.6. The van der Waals surface area contributed by atoms with Crippen molar-refractivity contribution in [2.45, 2.75) is 105 Å². The van der Waals surface area contributed by atoms with Gasteiger partial charge in [0.25, 0.3) is 0 Å². The number of rotatable bonds is 3. The normalized spacial score (nSPS) is 54.2. The third kappa shape index (κ3) is 2.98. The maximum atomic E-state index is 12.8. The Labute approximate surface area is 215 Å². The molecule has 36 heavy (non-hydrogen) atoms. The summed E-state index contributed by atoms with van der Waals surface area (Å²) >= 11 is 0. The zero-order valence-electron chi connectivity index (χ0n) is 22.8. The van der Waals surface area contributed by atoms with Gasteiger partial charge in [0.15, 0.2) is 0 Å². The van der Waals surface area contributed by atoms with E-state index in [1.165, 1.54) is 5.57 Å². The van der Waals surface area contributed by atoms with Crippen LogP contribution in [-0.2, 0) is 9.59 Å². The molecule has 5 rings (SSSR count). The lowest BCUT2D eigenvalue weighted by atomic mass is 9.33. The van der Waals surface area contributed by atoms with Gasteiger partial charge in [-0.05, 0) is 105 Å². The fourth-order valence-electron chi connectivity index (χ4n) is 10.7. The average Bonchev–Trinajstić information content (AvgIpc) is 2.82. The Balaban J connectivity index is 1.60. The Morgan fingerprint density at radius 3 is 2.17 bits per heavy atom. The topological polar surface area (TPSA) is 115 Å². The summed E-state index contributed by atoms with van der Waals surface area (Å²) in [7, 11) is 0. The first kappa shape index (κ1) is 26.2. The molecule has 0 aromatic carbocycles. The lowest BCUT2D eigenvalue weighted by Crippen LogP contribution is -2.66. The second-order valence-corrected chi connectivity index (χ2v) is 14.6. The van der Waals surface area contributed by atoms with Crippen LogP contribution in [0.1, 0.15) is 98.8 Å². The summed E-state index contributed by atoms with van der Waals surface area (Å²) in [5.74, 6) is -1.20. The van der Waals surface area contributed by atoms with Gasteiger partial charge >= 0.3 is 11.9 Å². The molecule has 202 valence electrons. The Kier molecular flexibility index (Phi) is 5.69. The minimum atomic E-state index is -0.896. The van der Waals surface area contributed by atoms with Gasteiger partial charge in [-0.3, -0.25) is 9.59 Å². The first-order valence-corrected chi connectivity index (χ1v) is 14.1. The Morgan fingerprint density at radius 1 is 0.889 bits per heavy atom. The van der Waals surface area contributed by atoms with E-state index in [4.69, 9.17) is 0 Å². The number of fused-ring (bicyclic) bond motifs is 7. The molecule has 0 aromatic heterocycles. The summed E-state index contributed by atoms with van der Waals surface area (Å²) in [5.41, 5.74) is -1.29. The molecule has 10 atom stereocenters. The summed E-state index contributed by atoms with van der Waals surface area (Å²) in [6, 6.07) is 0. The lowest BCUT2D eigenvalue weighted by Gasteiger charge is -2.71. The molecule has 0 saturated heterocycles. The van der Waals surface area contributed by atoms with Crippen molar-refractivity contribution in [1.29, 1.82) is 0 Å². The number of carbonyl (C=O) groups is 2. The number of carboxylic acid groups (broad SMARTS) is 2. The molecule has 6 nitrogen and oxygen atoms in total. The van der Waals surface area contributed by atoms with Crippen LogP contribution in [0.2, 0.25) is 0 Å². The van der Waals surface area contributed by atoms with E-state index in [0.29, 0.717) is 38.0 Å². The molecular formula is C30H46O6. The van der Waals surface area contributed by atoms with Crippen LogP contribution in [0.4, 0.5) is 0 Å². The van der Waals surface area contributed by atoms with Gasteiger partial charge in [0, 0.05) is 5.41 Å². The van der Waals surface area contributed by atoms with Crippen LogP contribution in [0.5, 0.6) is 0 Å². The fraction of sp³-hybridized carbons (Fsp3) is 0.867. The molecule has 0 amide bonds. The Morgan fingerprint density at radius 2 is 1.56 bits per heavy atom. The zero-order valence-corrected chi connectivity index (χ0v) is 22.8. The van der Waals surface area contributed by atoms with Crippen molar-refractivity contribution in [2.75, 3.05) is 6.61 Å². The van der Waals surface area contributed by atoms with Crippen LogP contribution in [-0.4, -0.2) is 45.1 Å². The molecule has 0 bridgehead atoms. The number of hydrogen-bond donors (Lipinski definition) is 4. The Hall–Kier alpha value is -1.40. The van der Waals surface area contributed by atoms with Crippen LogP contribution in [0.15, 0.2) is 11.6 Å². The number of hydrogen-bond acceptors (Lipinski definition) is 4. The first-order valence-electron chi connectivity index (χ1n) is 14.1. The van der Waals surface area contributed by atoms with E-state index in [1.807, 2.05) is 0 Å². The minimum absolute atomic E-state index is 0.00675. The highest BCUT2D eigenvalue weighted by atomic mass is 16.4. The van der Waals surface area contributed by atoms with Crippen molar-refractivity contribution in [1.82, 2.24) is 0 Å². The van der Waals surface area contributed by atoms with E-state index in [9.17, 15) is 30.0 Å². The molecule has 0 spiro atoms. The van der Waals surface area contributed by atoms with Crippen LogP contribution < -0.4 is 0 Å². The second-order valence-electron chi connectivity index (χ2n) is 14.6. The molecule has 6 heteroatoms. The summed E-state index contributed by atoms with van der Waals surface area (Å²) < 4.78 is 0. The van der Waals surface area contributed by atoms with Gasteiger partial charge in [-0.25, -0.2) is 0 Å². The summed E-state index contributed by atoms with van der Waals surface area (Å²) in [4.78, 5) is 25.0. The van der Waals surface area contributed by atoms with E-state index in [2.05, 4.69) is 33.8 Å². The van der Waals surface area contributed by atoms with Crippen LogP contribution in [0.3, 0.4) is 0 Å². The minimum Gasteiger partial charge on any atom is -0.481 e. The molecule has 0 aliphatic heterocycles. The van der Waals surface area contributed by atoms with Crippen molar-refractivity contribution in [3.8, 4) is 0 Å². The highest BCUT2D eigenvalue weighted by molar-refractivity contribution is 5.79. The number of carboxylic acids is 2. The summed E-state index contributed by atoms with van der Waals surface area (Å²) in [5, 5.41) is 41.9. The highest BCUT2D eigenvalue weighted by Gasteiger charge is 2.70. The fourth-order valence-corrected chi connectivity index (χ4v) is 10.7. The molecule has 4 N–H and O–H groups in total. The van der Waals surface area contributed by atoms with Crippen LogP contribution >= 0.6 is 0 Å². The van der Waals surface area contributed by atoms with Gasteiger partial charge in [0.1, 0.15) is 0 Å². The number of aliphatic carboxylic acids is 2. The molecule has 0 radical (unpaired) electrons. The zero-order chi connectivity index (χ0) is 26.5. The van der Waals surface area contributed by atoms with Gasteiger partial charge in [-0.15, -0.1) is 0 Å². The van der Waals surface area contributed by atoms with Gasteiger partial charge in [0.2, 0.25) is 0 Å². The standard InChI is InChI=1S/C30H46O6/c1-25(23(33)34)12-14-30(24(35)36)15-13-28(4)18(19(30)16-25)6-7-21-26(2)10-9-22(32)27(3,17-31)20(26)8-11-29(21,28)5/h6,19-22,31-32H,7-17H2,1-5H3,(H,33,34)(H,35,36)/t19-,20+,21+,22-,25-,26-,27-,28+,29+,30-/m0/s1.